The van der Waals surface area contributed by atoms with Crippen LogP contribution in [-0.4, -0.2) is 18.5 Å². The van der Waals surface area contributed by atoms with Crippen LogP contribution in [0.3, 0.4) is 0 Å². The number of rotatable bonds is 2. The Labute approximate surface area is 128 Å². The summed E-state index contributed by atoms with van der Waals surface area (Å²) in [6, 6.07) is 7.59. The van der Waals surface area contributed by atoms with Gasteiger partial charge in [0.1, 0.15) is 16.7 Å². The molecule has 0 aromatic heterocycles. The van der Waals surface area contributed by atoms with Gasteiger partial charge in [0.15, 0.2) is 0 Å². The highest BCUT2D eigenvalue weighted by Crippen LogP contribution is 2.46. The van der Waals surface area contributed by atoms with Crippen LogP contribution in [0.1, 0.15) is 32.1 Å². The molecule has 2 fully saturated rings. The van der Waals surface area contributed by atoms with Crippen molar-refractivity contribution < 1.29 is 4.79 Å². The van der Waals surface area contributed by atoms with E-state index in [1.165, 1.54) is 0 Å². The van der Waals surface area contributed by atoms with Crippen LogP contribution in [0.4, 0.5) is 5.69 Å². The fourth-order valence-electron chi connectivity index (χ4n) is 3.53. The molecule has 1 aliphatic heterocycles. The number of hydrogen-bond donors (Lipinski definition) is 1. The van der Waals surface area contributed by atoms with E-state index in [0.29, 0.717) is 5.02 Å². The summed E-state index contributed by atoms with van der Waals surface area (Å²) in [5, 5.41) is 4.55. The fourth-order valence-corrected chi connectivity index (χ4v) is 3.71. The zero-order valence-corrected chi connectivity index (χ0v) is 12.5. The number of halogens is 1. The van der Waals surface area contributed by atoms with Crippen LogP contribution in [-0.2, 0) is 4.79 Å². The smallest absolute Gasteiger partial charge is 0.233 e. The van der Waals surface area contributed by atoms with Crippen molar-refractivity contribution in [2.75, 3.05) is 11.4 Å². The number of carbonyl (C=O) groups excluding carboxylic acids is 1. The Morgan fingerprint density at radius 3 is 2.76 bits per heavy atom. The fraction of sp³-hybridized carbons (Fsp3) is 0.533. The maximum absolute atomic E-state index is 12.9. The molecule has 2 aliphatic rings. The molecule has 1 saturated heterocycles. The van der Waals surface area contributed by atoms with Gasteiger partial charge in [0, 0.05) is 17.3 Å². The summed E-state index contributed by atoms with van der Waals surface area (Å²) in [6.45, 7) is 0.754. The van der Waals surface area contributed by atoms with E-state index in [4.69, 9.17) is 17.1 Å². The Hall–Kier alpha value is -1.71. The van der Waals surface area contributed by atoms with Crippen molar-refractivity contribution in [1.82, 2.24) is 4.91 Å². The lowest BCUT2D eigenvalue weighted by molar-refractivity contribution is -0.127. The predicted molar refractivity (Wildman–Crippen MR) is 80.4 cm³/mol. The van der Waals surface area contributed by atoms with Gasteiger partial charge < -0.3 is 4.90 Å². The van der Waals surface area contributed by atoms with Crippen molar-refractivity contribution in [3.8, 4) is 0 Å². The van der Waals surface area contributed by atoms with E-state index in [0.717, 1.165) is 44.3 Å². The van der Waals surface area contributed by atoms with Gasteiger partial charge in [-0.3, -0.25) is 4.79 Å². The molecule has 3 rings (SSSR count). The summed E-state index contributed by atoms with van der Waals surface area (Å²) in [7, 11) is 0. The second-order valence-electron chi connectivity index (χ2n) is 5.91. The van der Waals surface area contributed by atoms with E-state index in [9.17, 15) is 4.79 Å². The molecule has 0 unspecified atom stereocenters. The maximum Gasteiger partial charge on any atom is 0.233 e. The number of amides is 1. The second-order valence-corrected chi connectivity index (χ2v) is 6.35. The third kappa shape index (κ3) is 2.59. The third-order valence-electron chi connectivity index (χ3n) is 4.77. The minimum Gasteiger partial charge on any atom is -0.312 e. The number of nitrogens with zero attached hydrogens (tertiary/aromatic N) is 3. The molecule has 1 aromatic carbocycles. The molecular formula is C15H18ClN4O+. The summed E-state index contributed by atoms with van der Waals surface area (Å²) < 4.78 is 0. The standard InChI is InChI=1S/C15H18ClN4O/c16-11-2-1-3-13(10-11)20-9-8-15(14(20)21)6-4-12(5-7-15)18-19-17/h1-3,10,12,17H,4-9H2/q+1. The van der Waals surface area contributed by atoms with E-state index in [1.54, 1.807) is 0 Å². The van der Waals surface area contributed by atoms with Gasteiger partial charge in [-0.2, -0.15) is 0 Å². The van der Waals surface area contributed by atoms with Crippen LogP contribution >= 0.6 is 11.6 Å². The molecule has 6 heteroatoms. The monoisotopic (exact) mass is 305 g/mol. The van der Waals surface area contributed by atoms with Gasteiger partial charge >= 0.3 is 0 Å². The molecule has 110 valence electrons. The van der Waals surface area contributed by atoms with Crippen LogP contribution in [0.15, 0.2) is 29.4 Å². The Morgan fingerprint density at radius 1 is 1.33 bits per heavy atom. The molecule has 0 radical (unpaired) electrons. The lowest BCUT2D eigenvalue weighted by atomic mass is 9.71. The van der Waals surface area contributed by atoms with E-state index < -0.39 is 0 Å². The van der Waals surface area contributed by atoms with Crippen molar-refractivity contribution >= 4 is 23.2 Å². The molecule has 5 nitrogen and oxygen atoms in total. The summed E-state index contributed by atoms with van der Waals surface area (Å²) in [5.74, 6) is 0.214. The zero-order valence-electron chi connectivity index (χ0n) is 11.8. The molecule has 0 atom stereocenters. The molecule has 1 spiro atoms. The topological polar surface area (TPSA) is 70.6 Å². The highest BCUT2D eigenvalue weighted by atomic mass is 35.5. The van der Waals surface area contributed by atoms with Gasteiger partial charge in [-0.25, -0.2) is 0 Å². The lowest BCUT2D eigenvalue weighted by Gasteiger charge is -2.32. The molecule has 1 saturated carbocycles. The molecule has 1 aromatic rings. The first-order valence-corrected chi connectivity index (χ1v) is 7.66. The molecule has 0 bridgehead atoms. The van der Waals surface area contributed by atoms with Gasteiger partial charge in [0.2, 0.25) is 10.8 Å². The van der Waals surface area contributed by atoms with Crippen molar-refractivity contribution in [1.29, 1.82) is 5.53 Å². The van der Waals surface area contributed by atoms with E-state index >= 15 is 0 Å². The number of hydrogen-bond acceptors (Lipinski definition) is 3. The minimum absolute atomic E-state index is 0.112. The Bertz CT molecular complexity index is 603. The first-order chi connectivity index (χ1) is 10.1. The SMILES string of the molecule is N=[N+]=NC1CCC2(CC1)CCN(c1cccc(Cl)c1)C2=O. The van der Waals surface area contributed by atoms with E-state index in [-0.39, 0.29) is 17.4 Å². The first-order valence-electron chi connectivity index (χ1n) is 7.29. The molecule has 1 amide bonds. The van der Waals surface area contributed by atoms with Crippen LogP contribution in [0, 0.1) is 10.9 Å². The normalized spacial score (nSPS) is 28.7. The largest absolute Gasteiger partial charge is 0.312 e. The zero-order chi connectivity index (χ0) is 14.9. The number of carbonyl (C=O) groups is 1. The van der Waals surface area contributed by atoms with Crippen molar-refractivity contribution in [2.45, 2.75) is 38.1 Å². The highest BCUT2D eigenvalue weighted by Gasteiger charge is 2.49. The van der Waals surface area contributed by atoms with Crippen LogP contribution in [0.25, 0.3) is 0 Å². The van der Waals surface area contributed by atoms with Crippen LogP contribution < -0.4 is 9.81 Å². The van der Waals surface area contributed by atoms with Gasteiger partial charge in [-0.05, 0) is 50.3 Å². The average molecular weight is 306 g/mol. The number of benzene rings is 1. The number of nitrogens with one attached hydrogen (secondary N) is 1. The molecule has 1 aliphatic carbocycles. The van der Waals surface area contributed by atoms with E-state index in [2.05, 4.69) is 10.0 Å². The summed E-state index contributed by atoms with van der Waals surface area (Å²) >= 11 is 6.02. The highest BCUT2D eigenvalue weighted by molar-refractivity contribution is 6.31. The Morgan fingerprint density at radius 2 is 2.10 bits per heavy atom. The number of anilines is 1. The Kier molecular flexibility index (Phi) is 3.79. The molecule has 1 heterocycles. The van der Waals surface area contributed by atoms with Crippen LogP contribution in [0.5, 0.6) is 0 Å². The third-order valence-corrected chi connectivity index (χ3v) is 5.00. The Balaban J connectivity index is 1.76. The van der Waals surface area contributed by atoms with E-state index in [1.807, 2.05) is 29.2 Å². The molecule has 1 N–H and O–H groups in total. The summed E-state index contributed by atoms with van der Waals surface area (Å²) in [6.07, 6.45) is 4.26. The predicted octanol–water partition coefficient (Wildman–Crippen LogP) is 3.56. The van der Waals surface area contributed by atoms with Gasteiger partial charge in [-0.1, -0.05) is 17.7 Å². The van der Waals surface area contributed by atoms with Crippen molar-refractivity contribution in [3.05, 3.63) is 29.3 Å². The molecular weight excluding hydrogens is 288 g/mol. The average Bonchev–Trinajstić information content (AvgIpc) is 2.79. The van der Waals surface area contributed by atoms with Gasteiger partial charge in [-0.15, -0.1) is 0 Å². The quantitative estimate of drug-likeness (QED) is 0.658. The van der Waals surface area contributed by atoms with Crippen LogP contribution in [0.2, 0.25) is 5.02 Å². The first kappa shape index (κ1) is 14.2. The minimum atomic E-state index is -0.240. The van der Waals surface area contributed by atoms with Gasteiger partial charge in [0.25, 0.3) is 0 Å². The van der Waals surface area contributed by atoms with Gasteiger partial charge in [0.05, 0.1) is 5.41 Å². The van der Waals surface area contributed by atoms with Crippen molar-refractivity contribution in [2.24, 2.45) is 10.5 Å². The van der Waals surface area contributed by atoms with Crippen molar-refractivity contribution in [3.63, 3.8) is 0 Å². The molecule has 21 heavy (non-hydrogen) atoms. The maximum atomic E-state index is 12.9. The summed E-state index contributed by atoms with van der Waals surface area (Å²) in [4.78, 5) is 17.8. The second kappa shape index (κ2) is 5.58. The summed E-state index contributed by atoms with van der Waals surface area (Å²) in [5.41, 5.74) is 7.46. The lowest BCUT2D eigenvalue weighted by Crippen LogP contribution is -2.38.